The van der Waals surface area contributed by atoms with E-state index in [0.29, 0.717) is 0 Å². The molecule has 0 aliphatic heterocycles. The maximum atomic E-state index is 14.3. The maximum Gasteiger partial charge on any atom is 0.437 e. The average Bonchev–Trinajstić information content (AvgIpc) is 2.26. The Morgan fingerprint density at radius 1 is 0.957 bits per heavy atom. The Hall–Kier alpha value is 0.580. The molecular formula is C11H5Br4F7N. The lowest BCUT2D eigenvalue weighted by Crippen LogP contribution is -2.51. The number of aromatic nitrogens is 1. The Morgan fingerprint density at radius 3 is 1.74 bits per heavy atom. The highest BCUT2D eigenvalue weighted by Gasteiger charge is 2.75. The molecule has 1 nitrogen and oxygen atoms in total. The van der Waals surface area contributed by atoms with Crippen LogP contribution in [0.2, 0.25) is 0 Å². The van der Waals surface area contributed by atoms with E-state index in [-0.39, 0.29) is 5.56 Å². The van der Waals surface area contributed by atoms with Gasteiger partial charge in [-0.15, -0.1) is 0 Å². The van der Waals surface area contributed by atoms with E-state index < -0.39 is 42.4 Å². The van der Waals surface area contributed by atoms with Crippen LogP contribution >= 0.6 is 63.7 Å². The molecule has 0 unspecified atom stereocenters. The van der Waals surface area contributed by atoms with Crippen molar-refractivity contribution in [3.63, 3.8) is 0 Å². The van der Waals surface area contributed by atoms with Crippen molar-refractivity contribution in [2.45, 2.75) is 33.5 Å². The highest BCUT2D eigenvalue weighted by Crippen LogP contribution is 2.54. The molecular weight excluding hydrogens is 599 g/mol. The third-order valence-electron chi connectivity index (χ3n) is 2.72. The molecule has 0 fully saturated rings. The molecule has 12 heteroatoms. The molecule has 1 aromatic heterocycles. The highest BCUT2D eigenvalue weighted by atomic mass is 80.0. The van der Waals surface area contributed by atoms with E-state index in [1.54, 1.807) is 0 Å². The lowest BCUT2D eigenvalue weighted by Gasteiger charge is -2.32. The third-order valence-corrected chi connectivity index (χ3v) is 3.94. The van der Waals surface area contributed by atoms with Crippen molar-refractivity contribution < 1.29 is 30.7 Å². The first-order valence-corrected chi connectivity index (χ1v) is 8.66. The molecule has 0 bridgehead atoms. The second-order valence-corrected chi connectivity index (χ2v) is 12.4. The normalized spacial score (nSPS) is 14.3. The van der Waals surface area contributed by atoms with Crippen molar-refractivity contribution in [3.05, 3.63) is 27.5 Å². The maximum absolute atomic E-state index is 14.3. The van der Waals surface area contributed by atoms with E-state index in [1.807, 2.05) is 0 Å². The second-order valence-electron chi connectivity index (χ2n) is 4.43. The van der Waals surface area contributed by atoms with Gasteiger partial charge >= 0.3 is 18.0 Å². The fraction of sp³-hybridized carbons (Fsp3) is 0.545. The zero-order valence-corrected chi connectivity index (χ0v) is 17.2. The first-order chi connectivity index (χ1) is 10.0. The molecule has 0 atom stereocenters. The van der Waals surface area contributed by atoms with Gasteiger partial charge in [0, 0.05) is 12.5 Å². The standard InChI is InChI=1S/C11H5Br4F7N/c1-4-2-6(12)23-7(5(4)3-8(13,14)15)9(16,10(17,18)19)11(20,21)22/h3H2,1H3. The Balaban J connectivity index is 3.80. The zero-order chi connectivity index (χ0) is 18.4. The van der Waals surface area contributed by atoms with Gasteiger partial charge in [-0.2, -0.15) is 26.3 Å². The monoisotopic (exact) mass is 600 g/mol. The Labute approximate surface area is 159 Å². The quantitative estimate of drug-likeness (QED) is 0.210. The summed E-state index contributed by atoms with van der Waals surface area (Å²) in [6, 6.07) is 2.42. The lowest BCUT2D eigenvalue weighted by molar-refractivity contribution is -0.350. The minimum Gasteiger partial charge on any atom is -0.241 e. The van der Waals surface area contributed by atoms with E-state index in [1.165, 1.54) is 6.92 Å². The molecule has 0 N–H and O–H groups in total. The number of rotatable bonds is 2. The van der Waals surface area contributed by atoms with Crippen LogP contribution in [0.5, 0.6) is 0 Å². The molecule has 1 rings (SSSR count). The predicted octanol–water partition coefficient (Wildman–Crippen LogP) is 6.62. The van der Waals surface area contributed by atoms with E-state index in [4.69, 9.17) is 0 Å². The first-order valence-electron chi connectivity index (χ1n) is 5.48. The van der Waals surface area contributed by atoms with E-state index in [9.17, 15) is 30.7 Å². The minimum atomic E-state index is -6.24. The van der Waals surface area contributed by atoms with Gasteiger partial charge in [0.25, 0.3) is 0 Å². The van der Waals surface area contributed by atoms with E-state index in [2.05, 4.69) is 74.8 Å². The summed E-state index contributed by atoms with van der Waals surface area (Å²) in [5.41, 5.74) is -8.09. The summed E-state index contributed by atoms with van der Waals surface area (Å²) >= 11 is 11.5. The van der Waals surface area contributed by atoms with Crippen molar-refractivity contribution in [2.75, 3.05) is 0 Å². The number of hydrogen-bond donors (Lipinski definition) is 0. The molecule has 0 aliphatic carbocycles. The van der Waals surface area contributed by atoms with E-state index in [0.717, 1.165) is 0 Å². The summed E-state index contributed by atoms with van der Waals surface area (Å²) < 4.78 is 90.4. The number of hydrogen-bond acceptors (Lipinski definition) is 1. The van der Waals surface area contributed by atoms with Gasteiger partial charge in [-0.05, 0) is 34.0 Å². The molecule has 0 amide bonds. The molecule has 23 heavy (non-hydrogen) atoms. The summed E-state index contributed by atoms with van der Waals surface area (Å²) in [6.07, 6.45) is -13.0. The number of alkyl halides is 10. The fourth-order valence-corrected chi connectivity index (χ4v) is 3.05. The summed E-state index contributed by atoms with van der Waals surface area (Å²) in [5, 5.41) is 0. The fourth-order valence-electron chi connectivity index (χ4n) is 1.73. The predicted molar refractivity (Wildman–Crippen MR) is 83.6 cm³/mol. The Kier molecular flexibility index (Phi) is 6.31. The topological polar surface area (TPSA) is 12.9 Å². The van der Waals surface area contributed by atoms with Crippen LogP contribution in [0.3, 0.4) is 0 Å². The SMILES string of the molecule is Cc1[c]c(Br)nc(C(F)(C(F)(F)F)C(F)(F)F)c1CC(Br)(Br)Br. The minimum absolute atomic E-state index is 0.111. The number of pyridine rings is 1. The lowest BCUT2D eigenvalue weighted by atomic mass is 9.92. The summed E-state index contributed by atoms with van der Waals surface area (Å²) in [6.45, 7) is 1.21. The van der Waals surface area contributed by atoms with Gasteiger partial charge in [0.1, 0.15) is 12.4 Å². The van der Waals surface area contributed by atoms with Crippen LogP contribution in [0.25, 0.3) is 0 Å². The van der Waals surface area contributed by atoms with Gasteiger partial charge in [0.05, 0.1) is 0 Å². The Morgan fingerprint density at radius 2 is 1.39 bits per heavy atom. The van der Waals surface area contributed by atoms with Gasteiger partial charge in [0.15, 0.2) is 0 Å². The molecule has 0 aliphatic rings. The number of nitrogens with zero attached hydrogens (tertiary/aromatic N) is 1. The van der Waals surface area contributed by atoms with Crippen LogP contribution in [-0.4, -0.2) is 19.5 Å². The van der Waals surface area contributed by atoms with Crippen LogP contribution in [0.4, 0.5) is 30.7 Å². The summed E-state index contributed by atoms with van der Waals surface area (Å²) in [4.78, 5) is 3.11. The van der Waals surface area contributed by atoms with Crippen molar-refractivity contribution in [1.29, 1.82) is 0 Å². The van der Waals surface area contributed by atoms with Gasteiger partial charge in [-0.25, -0.2) is 9.37 Å². The Bertz CT molecular complexity index is 578. The van der Waals surface area contributed by atoms with E-state index >= 15 is 0 Å². The van der Waals surface area contributed by atoms with Crippen LogP contribution in [0.1, 0.15) is 16.8 Å². The van der Waals surface area contributed by atoms with Gasteiger partial charge in [0.2, 0.25) is 0 Å². The van der Waals surface area contributed by atoms with Gasteiger partial charge in [-0.3, -0.25) is 0 Å². The molecule has 0 aromatic carbocycles. The van der Waals surface area contributed by atoms with Crippen LogP contribution in [-0.2, 0) is 12.1 Å². The molecule has 1 radical (unpaired) electrons. The third kappa shape index (κ3) is 4.60. The van der Waals surface area contributed by atoms with Crippen molar-refractivity contribution >= 4 is 63.7 Å². The number of halogens is 11. The molecule has 131 valence electrons. The van der Waals surface area contributed by atoms with Gasteiger partial charge in [-0.1, -0.05) is 47.8 Å². The molecule has 1 heterocycles. The van der Waals surface area contributed by atoms with Gasteiger partial charge < -0.3 is 0 Å². The largest absolute Gasteiger partial charge is 0.437 e. The number of aryl methyl sites for hydroxylation is 1. The molecule has 0 spiro atoms. The van der Waals surface area contributed by atoms with Crippen LogP contribution in [0, 0.1) is 13.0 Å². The molecule has 0 saturated heterocycles. The highest BCUT2D eigenvalue weighted by molar-refractivity contribution is 9.39. The first kappa shape index (κ1) is 21.6. The zero-order valence-electron chi connectivity index (χ0n) is 10.8. The second kappa shape index (κ2) is 6.71. The van der Waals surface area contributed by atoms with Crippen molar-refractivity contribution in [2.24, 2.45) is 0 Å². The van der Waals surface area contributed by atoms with Crippen molar-refractivity contribution in [1.82, 2.24) is 4.98 Å². The smallest absolute Gasteiger partial charge is 0.241 e. The summed E-state index contributed by atoms with van der Waals surface area (Å²) in [5.74, 6) is 0. The molecule has 0 saturated carbocycles. The summed E-state index contributed by atoms with van der Waals surface area (Å²) in [7, 11) is 0. The van der Waals surface area contributed by atoms with Crippen LogP contribution < -0.4 is 0 Å². The molecule has 1 aromatic rings. The average molecular weight is 604 g/mol. The van der Waals surface area contributed by atoms with Crippen molar-refractivity contribution in [3.8, 4) is 0 Å². The van der Waals surface area contributed by atoms with Crippen LogP contribution in [0.15, 0.2) is 4.60 Å².